The van der Waals surface area contributed by atoms with E-state index in [0.717, 1.165) is 13.0 Å². The van der Waals surface area contributed by atoms with Gasteiger partial charge < -0.3 is 0 Å². The maximum absolute atomic E-state index is 4.29. The van der Waals surface area contributed by atoms with Crippen LogP contribution in [0, 0.1) is 6.92 Å². The van der Waals surface area contributed by atoms with Crippen LogP contribution in [0.25, 0.3) is 0 Å². The van der Waals surface area contributed by atoms with Crippen molar-refractivity contribution in [2.75, 3.05) is 6.54 Å². The lowest BCUT2D eigenvalue weighted by Crippen LogP contribution is -2.52. The molecule has 1 N–H and O–H groups in total. The van der Waals surface area contributed by atoms with Crippen molar-refractivity contribution in [1.29, 1.82) is 0 Å². The van der Waals surface area contributed by atoms with Gasteiger partial charge in [0, 0.05) is 23.5 Å². The van der Waals surface area contributed by atoms with Gasteiger partial charge in [-0.05, 0) is 40.0 Å². The molecular formula is C13H23N3S. The molecule has 17 heavy (non-hydrogen) atoms. The van der Waals surface area contributed by atoms with Crippen molar-refractivity contribution >= 4 is 11.3 Å². The third-order valence-electron chi connectivity index (χ3n) is 3.68. The topological polar surface area (TPSA) is 28.2 Å². The Balaban J connectivity index is 1.79. The molecule has 96 valence electrons. The summed E-state index contributed by atoms with van der Waals surface area (Å²) >= 11 is 1.77. The first-order chi connectivity index (χ1) is 8.18. The molecule has 1 saturated heterocycles. The minimum atomic E-state index is 0.668. The molecule has 0 saturated carbocycles. The Kier molecular flexibility index (Phi) is 4.54. The first kappa shape index (κ1) is 13.0. The lowest BCUT2D eigenvalue weighted by Gasteiger charge is -2.39. The molecule has 0 radical (unpaired) electrons. The number of hydrogen-bond donors (Lipinski definition) is 1. The molecule has 2 unspecified atom stereocenters. The molecule has 4 heteroatoms. The average molecular weight is 253 g/mol. The Hall–Kier alpha value is -0.450. The van der Waals surface area contributed by atoms with E-state index in [1.54, 1.807) is 11.3 Å². The average Bonchev–Trinajstić information content (AvgIpc) is 2.69. The lowest BCUT2D eigenvalue weighted by molar-refractivity contribution is 0.0471. The summed E-state index contributed by atoms with van der Waals surface area (Å²) in [6.45, 7) is 7.76. The number of hydrazine groups is 1. The molecule has 2 atom stereocenters. The van der Waals surface area contributed by atoms with Gasteiger partial charge in [-0.1, -0.05) is 6.42 Å². The predicted octanol–water partition coefficient (Wildman–Crippen LogP) is 2.76. The Bertz CT molecular complexity index is 340. The first-order valence-corrected chi connectivity index (χ1v) is 7.47. The SMILES string of the molecule is Cc1ncsc1CCNN1C(C)CCCC1C. The van der Waals surface area contributed by atoms with Gasteiger partial charge >= 0.3 is 0 Å². The highest BCUT2D eigenvalue weighted by atomic mass is 32.1. The van der Waals surface area contributed by atoms with E-state index in [0.29, 0.717) is 12.1 Å². The zero-order valence-corrected chi connectivity index (χ0v) is 11.9. The quantitative estimate of drug-likeness (QED) is 0.894. The Morgan fingerprint density at radius 1 is 1.41 bits per heavy atom. The fraction of sp³-hybridized carbons (Fsp3) is 0.769. The van der Waals surface area contributed by atoms with Crippen molar-refractivity contribution in [3.8, 4) is 0 Å². The van der Waals surface area contributed by atoms with Crippen molar-refractivity contribution in [2.24, 2.45) is 0 Å². The van der Waals surface area contributed by atoms with Crippen LogP contribution in [0.1, 0.15) is 43.7 Å². The van der Waals surface area contributed by atoms with E-state index < -0.39 is 0 Å². The first-order valence-electron chi connectivity index (χ1n) is 6.59. The normalized spacial score (nSPS) is 26.3. The number of aryl methyl sites for hydroxylation is 1. The van der Waals surface area contributed by atoms with Crippen molar-refractivity contribution < 1.29 is 0 Å². The maximum atomic E-state index is 4.29. The molecule has 1 aromatic rings. The third-order valence-corrected chi connectivity index (χ3v) is 4.68. The van der Waals surface area contributed by atoms with Crippen LogP contribution >= 0.6 is 11.3 Å². The fourth-order valence-corrected chi connectivity index (χ4v) is 3.38. The number of thiazole rings is 1. The molecule has 0 aromatic carbocycles. The zero-order chi connectivity index (χ0) is 12.3. The molecule has 0 spiro atoms. The summed E-state index contributed by atoms with van der Waals surface area (Å²) in [7, 11) is 0. The number of aromatic nitrogens is 1. The second-order valence-corrected chi connectivity index (χ2v) is 5.99. The van der Waals surface area contributed by atoms with Crippen LogP contribution in [0.2, 0.25) is 0 Å². The van der Waals surface area contributed by atoms with E-state index in [1.807, 2.05) is 5.51 Å². The van der Waals surface area contributed by atoms with Crippen LogP contribution in [0.15, 0.2) is 5.51 Å². The standard InChI is InChI=1S/C13H23N3S/c1-10-5-4-6-11(2)16(10)15-8-7-13-12(3)14-9-17-13/h9-11,15H,4-8H2,1-3H3. The van der Waals surface area contributed by atoms with E-state index >= 15 is 0 Å². The molecule has 1 aliphatic heterocycles. The van der Waals surface area contributed by atoms with E-state index in [9.17, 15) is 0 Å². The number of piperidine rings is 1. The summed E-state index contributed by atoms with van der Waals surface area (Å²) in [4.78, 5) is 5.70. The molecule has 0 amide bonds. The van der Waals surface area contributed by atoms with Gasteiger partial charge in [0.15, 0.2) is 0 Å². The van der Waals surface area contributed by atoms with Gasteiger partial charge in [-0.2, -0.15) is 0 Å². The zero-order valence-electron chi connectivity index (χ0n) is 11.1. The molecule has 0 bridgehead atoms. The molecule has 2 heterocycles. The largest absolute Gasteiger partial charge is 0.254 e. The van der Waals surface area contributed by atoms with Gasteiger partial charge in [-0.15, -0.1) is 11.3 Å². The smallest absolute Gasteiger partial charge is 0.0797 e. The Morgan fingerprint density at radius 2 is 2.12 bits per heavy atom. The number of nitrogens with one attached hydrogen (secondary N) is 1. The van der Waals surface area contributed by atoms with Crippen molar-refractivity contribution in [2.45, 2.75) is 58.5 Å². The van der Waals surface area contributed by atoms with E-state index in [4.69, 9.17) is 0 Å². The third kappa shape index (κ3) is 3.27. The van der Waals surface area contributed by atoms with Crippen LogP contribution in [-0.4, -0.2) is 28.6 Å². The molecule has 1 fully saturated rings. The number of rotatable bonds is 4. The highest BCUT2D eigenvalue weighted by Crippen LogP contribution is 2.20. The summed E-state index contributed by atoms with van der Waals surface area (Å²) in [6, 6.07) is 1.34. The summed E-state index contributed by atoms with van der Waals surface area (Å²) in [5.41, 5.74) is 6.73. The summed E-state index contributed by atoms with van der Waals surface area (Å²) in [6.07, 6.45) is 5.09. The monoisotopic (exact) mass is 253 g/mol. The van der Waals surface area contributed by atoms with Crippen LogP contribution < -0.4 is 5.43 Å². The molecular weight excluding hydrogens is 230 g/mol. The Labute approximate surface area is 108 Å². The number of nitrogens with zero attached hydrogens (tertiary/aromatic N) is 2. The van der Waals surface area contributed by atoms with Gasteiger partial charge in [-0.25, -0.2) is 9.99 Å². The van der Waals surface area contributed by atoms with Gasteiger partial charge in [0.05, 0.1) is 11.2 Å². The van der Waals surface area contributed by atoms with E-state index in [1.165, 1.54) is 29.8 Å². The van der Waals surface area contributed by atoms with Crippen molar-refractivity contribution in [3.05, 3.63) is 16.1 Å². The second-order valence-electron chi connectivity index (χ2n) is 5.06. The summed E-state index contributed by atoms with van der Waals surface area (Å²) in [5.74, 6) is 0. The predicted molar refractivity (Wildman–Crippen MR) is 73.2 cm³/mol. The molecule has 3 nitrogen and oxygen atoms in total. The van der Waals surface area contributed by atoms with Gasteiger partial charge in [0.2, 0.25) is 0 Å². The van der Waals surface area contributed by atoms with Gasteiger partial charge in [-0.3, -0.25) is 5.43 Å². The van der Waals surface area contributed by atoms with Gasteiger partial charge in [0.25, 0.3) is 0 Å². The van der Waals surface area contributed by atoms with Crippen molar-refractivity contribution in [1.82, 2.24) is 15.4 Å². The summed E-state index contributed by atoms with van der Waals surface area (Å²) in [5, 5.41) is 2.44. The highest BCUT2D eigenvalue weighted by Gasteiger charge is 2.23. The molecule has 1 aromatic heterocycles. The van der Waals surface area contributed by atoms with Crippen molar-refractivity contribution in [3.63, 3.8) is 0 Å². The van der Waals surface area contributed by atoms with Crippen LogP contribution in [0.4, 0.5) is 0 Å². The van der Waals surface area contributed by atoms with E-state index in [-0.39, 0.29) is 0 Å². The molecule has 0 aliphatic carbocycles. The van der Waals surface area contributed by atoms with Crippen LogP contribution in [0.5, 0.6) is 0 Å². The minimum Gasteiger partial charge on any atom is -0.254 e. The summed E-state index contributed by atoms with van der Waals surface area (Å²) < 4.78 is 0. The molecule has 2 rings (SSSR count). The minimum absolute atomic E-state index is 0.668. The second kappa shape index (κ2) is 5.94. The lowest BCUT2D eigenvalue weighted by atomic mass is 10.00. The van der Waals surface area contributed by atoms with Crippen LogP contribution in [0.3, 0.4) is 0 Å². The van der Waals surface area contributed by atoms with Crippen LogP contribution in [-0.2, 0) is 6.42 Å². The highest BCUT2D eigenvalue weighted by molar-refractivity contribution is 7.09. The van der Waals surface area contributed by atoms with E-state index in [2.05, 4.69) is 36.2 Å². The Morgan fingerprint density at radius 3 is 2.71 bits per heavy atom. The molecule has 1 aliphatic rings. The fourth-order valence-electron chi connectivity index (χ4n) is 2.60. The van der Waals surface area contributed by atoms with Gasteiger partial charge in [0.1, 0.15) is 0 Å². The maximum Gasteiger partial charge on any atom is 0.0797 e. The number of hydrogen-bond acceptors (Lipinski definition) is 4.